The molecule has 2 rings (SSSR count). The van der Waals surface area contributed by atoms with Crippen LogP contribution >= 0.6 is 0 Å². The SMILES string of the molecule is CC(C)CC(=O)N(CC[NH+]1CCCC1)CC(=O)Nc1ccon1. The molecule has 7 nitrogen and oxygen atoms in total. The van der Waals surface area contributed by atoms with Crippen molar-refractivity contribution >= 4 is 17.6 Å². The number of carbonyl (C=O) groups is 2. The van der Waals surface area contributed by atoms with E-state index in [-0.39, 0.29) is 24.3 Å². The van der Waals surface area contributed by atoms with Gasteiger partial charge in [0.1, 0.15) is 12.8 Å². The van der Waals surface area contributed by atoms with Gasteiger partial charge in [-0.15, -0.1) is 0 Å². The maximum Gasteiger partial charge on any atom is 0.245 e. The highest BCUT2D eigenvalue weighted by Crippen LogP contribution is 2.05. The molecule has 0 saturated carbocycles. The molecule has 0 bridgehead atoms. The zero-order valence-corrected chi connectivity index (χ0v) is 14.0. The molecule has 0 aliphatic carbocycles. The summed E-state index contributed by atoms with van der Waals surface area (Å²) in [5.41, 5.74) is 0. The Balaban J connectivity index is 1.88. The molecule has 1 aliphatic rings. The fourth-order valence-electron chi connectivity index (χ4n) is 2.82. The fraction of sp³-hybridized carbons (Fsp3) is 0.688. The molecule has 1 saturated heterocycles. The maximum absolute atomic E-state index is 12.4. The maximum atomic E-state index is 12.4. The van der Waals surface area contributed by atoms with Crippen LogP contribution in [0.3, 0.4) is 0 Å². The highest BCUT2D eigenvalue weighted by molar-refractivity contribution is 5.93. The van der Waals surface area contributed by atoms with Gasteiger partial charge in [-0.1, -0.05) is 19.0 Å². The van der Waals surface area contributed by atoms with Gasteiger partial charge >= 0.3 is 0 Å². The molecule has 2 amide bonds. The highest BCUT2D eigenvalue weighted by atomic mass is 16.5. The largest absolute Gasteiger partial charge is 0.363 e. The summed E-state index contributed by atoms with van der Waals surface area (Å²) in [6.45, 7) is 7.93. The average Bonchev–Trinajstić information content (AvgIpc) is 3.15. The van der Waals surface area contributed by atoms with E-state index in [4.69, 9.17) is 0 Å². The quantitative estimate of drug-likeness (QED) is 0.714. The lowest BCUT2D eigenvalue weighted by molar-refractivity contribution is -0.886. The molecule has 1 aromatic heterocycles. The van der Waals surface area contributed by atoms with Crippen LogP contribution in [0.5, 0.6) is 0 Å². The van der Waals surface area contributed by atoms with Crippen LogP contribution in [-0.2, 0) is 9.59 Å². The number of carbonyl (C=O) groups excluding carboxylic acids is 2. The van der Waals surface area contributed by atoms with Crippen LogP contribution in [0.15, 0.2) is 16.9 Å². The van der Waals surface area contributed by atoms with E-state index in [1.54, 1.807) is 11.0 Å². The second-order valence-corrected chi connectivity index (χ2v) is 6.55. The van der Waals surface area contributed by atoms with Gasteiger partial charge in [0.25, 0.3) is 0 Å². The van der Waals surface area contributed by atoms with E-state index in [1.807, 2.05) is 13.8 Å². The summed E-state index contributed by atoms with van der Waals surface area (Å²) < 4.78 is 4.69. The molecule has 7 heteroatoms. The summed E-state index contributed by atoms with van der Waals surface area (Å²) in [5, 5.41) is 6.30. The average molecular weight is 323 g/mol. The number of likely N-dealkylation sites (tertiary alicyclic amines) is 1. The summed E-state index contributed by atoms with van der Waals surface area (Å²) in [5.74, 6) is 0.445. The summed E-state index contributed by atoms with van der Waals surface area (Å²) in [4.78, 5) is 27.7. The first-order chi connectivity index (χ1) is 11.0. The minimum atomic E-state index is -0.243. The van der Waals surface area contributed by atoms with Crippen molar-refractivity contribution in [1.82, 2.24) is 10.1 Å². The Morgan fingerprint density at radius 3 is 2.74 bits per heavy atom. The third-order valence-corrected chi connectivity index (χ3v) is 4.02. The van der Waals surface area contributed by atoms with Crippen LogP contribution in [0.25, 0.3) is 0 Å². The first-order valence-corrected chi connectivity index (χ1v) is 8.36. The van der Waals surface area contributed by atoms with Gasteiger partial charge in [-0.05, 0) is 5.92 Å². The van der Waals surface area contributed by atoms with Gasteiger partial charge in [-0.2, -0.15) is 0 Å². The normalized spacial score (nSPS) is 15.1. The predicted molar refractivity (Wildman–Crippen MR) is 86.0 cm³/mol. The molecule has 23 heavy (non-hydrogen) atoms. The molecule has 1 aliphatic heterocycles. The molecule has 0 aromatic carbocycles. The number of hydrogen-bond donors (Lipinski definition) is 2. The van der Waals surface area contributed by atoms with Crippen LogP contribution in [0, 0.1) is 5.92 Å². The summed E-state index contributed by atoms with van der Waals surface area (Å²) in [6.07, 6.45) is 4.37. The van der Waals surface area contributed by atoms with Crippen molar-refractivity contribution < 1.29 is 19.0 Å². The van der Waals surface area contributed by atoms with Crippen molar-refractivity contribution in [2.45, 2.75) is 33.1 Å². The number of anilines is 1. The summed E-state index contributed by atoms with van der Waals surface area (Å²) in [6, 6.07) is 1.58. The number of nitrogens with one attached hydrogen (secondary N) is 2. The Hall–Kier alpha value is -1.89. The molecule has 0 unspecified atom stereocenters. The lowest BCUT2D eigenvalue weighted by Crippen LogP contribution is -3.10. The Morgan fingerprint density at radius 1 is 1.39 bits per heavy atom. The van der Waals surface area contributed by atoms with E-state index in [0.717, 1.165) is 19.6 Å². The van der Waals surface area contributed by atoms with Crippen molar-refractivity contribution in [2.75, 3.05) is 38.0 Å². The van der Waals surface area contributed by atoms with E-state index in [1.165, 1.54) is 24.0 Å². The standard InChI is InChI=1S/C16H26N4O3/c1-13(2)11-16(22)20(9-8-19-6-3-4-7-19)12-15(21)17-14-5-10-23-18-14/h5,10,13H,3-4,6-9,11-12H2,1-2H3,(H,17,18,21)/p+1. The molecule has 1 aromatic rings. The molecule has 0 spiro atoms. The third kappa shape index (κ3) is 6.02. The van der Waals surface area contributed by atoms with E-state index in [2.05, 4.69) is 15.0 Å². The molecule has 0 atom stereocenters. The van der Waals surface area contributed by atoms with Gasteiger partial charge in [-0.25, -0.2) is 0 Å². The van der Waals surface area contributed by atoms with E-state index in [9.17, 15) is 9.59 Å². The first kappa shape index (κ1) is 17.5. The molecule has 0 radical (unpaired) electrons. The smallest absolute Gasteiger partial charge is 0.245 e. The number of hydrogen-bond acceptors (Lipinski definition) is 4. The van der Waals surface area contributed by atoms with Crippen LogP contribution in [0.2, 0.25) is 0 Å². The van der Waals surface area contributed by atoms with Crippen LogP contribution in [0.4, 0.5) is 5.82 Å². The number of amides is 2. The summed E-state index contributed by atoms with van der Waals surface area (Å²) in [7, 11) is 0. The second-order valence-electron chi connectivity index (χ2n) is 6.55. The Kier molecular flexibility index (Phi) is 6.58. The zero-order chi connectivity index (χ0) is 16.7. The van der Waals surface area contributed by atoms with Gasteiger partial charge in [0.05, 0.1) is 26.2 Å². The van der Waals surface area contributed by atoms with Crippen molar-refractivity contribution in [2.24, 2.45) is 5.92 Å². The van der Waals surface area contributed by atoms with Gasteiger partial charge in [0.2, 0.25) is 11.8 Å². The van der Waals surface area contributed by atoms with Gasteiger partial charge < -0.3 is 19.6 Å². The molecule has 2 N–H and O–H groups in total. The van der Waals surface area contributed by atoms with Crippen LogP contribution < -0.4 is 10.2 Å². The second kappa shape index (κ2) is 8.67. The fourth-order valence-corrected chi connectivity index (χ4v) is 2.82. The molecule has 1 fully saturated rings. The molecule has 128 valence electrons. The van der Waals surface area contributed by atoms with Gasteiger partial charge in [0, 0.05) is 25.3 Å². The van der Waals surface area contributed by atoms with Crippen molar-refractivity contribution in [3.8, 4) is 0 Å². The monoisotopic (exact) mass is 323 g/mol. The van der Waals surface area contributed by atoms with Crippen molar-refractivity contribution in [3.05, 3.63) is 12.3 Å². The molecular formula is C16H27N4O3+. The number of aromatic nitrogens is 1. The molecular weight excluding hydrogens is 296 g/mol. The van der Waals surface area contributed by atoms with Crippen molar-refractivity contribution in [3.63, 3.8) is 0 Å². The van der Waals surface area contributed by atoms with E-state index >= 15 is 0 Å². The zero-order valence-electron chi connectivity index (χ0n) is 14.0. The number of nitrogens with zero attached hydrogens (tertiary/aromatic N) is 2. The topological polar surface area (TPSA) is 79.9 Å². The van der Waals surface area contributed by atoms with Crippen LogP contribution in [0.1, 0.15) is 33.1 Å². The lowest BCUT2D eigenvalue weighted by Gasteiger charge is -2.24. The number of quaternary nitrogens is 1. The minimum absolute atomic E-state index is 0.0360. The van der Waals surface area contributed by atoms with E-state index < -0.39 is 0 Å². The lowest BCUT2D eigenvalue weighted by atomic mass is 10.1. The van der Waals surface area contributed by atoms with Crippen LogP contribution in [-0.4, -0.2) is 54.6 Å². The third-order valence-electron chi connectivity index (χ3n) is 4.02. The Bertz CT molecular complexity index is 495. The van der Waals surface area contributed by atoms with Gasteiger partial charge in [-0.3, -0.25) is 9.59 Å². The predicted octanol–water partition coefficient (Wildman–Crippen LogP) is 0.167. The Labute approximate surface area is 137 Å². The van der Waals surface area contributed by atoms with Gasteiger partial charge in [0.15, 0.2) is 5.82 Å². The molecule has 2 heterocycles. The van der Waals surface area contributed by atoms with Crippen molar-refractivity contribution in [1.29, 1.82) is 0 Å². The summed E-state index contributed by atoms with van der Waals surface area (Å²) >= 11 is 0. The first-order valence-electron chi connectivity index (χ1n) is 8.36. The number of rotatable bonds is 8. The van der Waals surface area contributed by atoms with E-state index in [0.29, 0.717) is 18.8 Å². The Morgan fingerprint density at radius 2 is 2.13 bits per heavy atom. The minimum Gasteiger partial charge on any atom is -0.363 e. The highest BCUT2D eigenvalue weighted by Gasteiger charge is 2.22.